The van der Waals surface area contributed by atoms with Crippen LogP contribution >= 0.6 is 11.6 Å². The summed E-state index contributed by atoms with van der Waals surface area (Å²) in [6, 6.07) is 13.5. The molecule has 3 rings (SSSR count). The zero-order chi connectivity index (χ0) is 22.4. The van der Waals surface area contributed by atoms with E-state index in [-0.39, 0.29) is 18.4 Å². The monoisotopic (exact) mass is 439 g/mol. The SMILES string of the molecule is C/C(=N\N(CC(=O)NCCc1c(C)cccc1C)C(=O)CC1CC1)c1ccc(Cl)cc1. The molecule has 0 unspecified atom stereocenters. The topological polar surface area (TPSA) is 61.8 Å². The Labute approximate surface area is 189 Å². The molecule has 5 nitrogen and oxygen atoms in total. The van der Waals surface area contributed by atoms with Crippen LogP contribution in [0.2, 0.25) is 5.02 Å². The summed E-state index contributed by atoms with van der Waals surface area (Å²) < 4.78 is 0. The highest BCUT2D eigenvalue weighted by Crippen LogP contribution is 2.33. The molecule has 2 amide bonds. The lowest BCUT2D eigenvalue weighted by molar-refractivity contribution is -0.136. The number of aryl methyl sites for hydroxylation is 2. The van der Waals surface area contributed by atoms with Gasteiger partial charge in [-0.05, 0) is 80.3 Å². The van der Waals surface area contributed by atoms with Gasteiger partial charge in [0.2, 0.25) is 11.8 Å². The number of rotatable bonds is 9. The van der Waals surface area contributed by atoms with E-state index in [0.717, 1.165) is 24.8 Å². The van der Waals surface area contributed by atoms with E-state index in [1.807, 2.05) is 25.1 Å². The highest BCUT2D eigenvalue weighted by atomic mass is 35.5. The molecular weight excluding hydrogens is 410 g/mol. The summed E-state index contributed by atoms with van der Waals surface area (Å²) in [5.74, 6) is 0.108. The number of hydrazone groups is 1. The number of halogens is 1. The zero-order valence-electron chi connectivity index (χ0n) is 18.5. The van der Waals surface area contributed by atoms with Crippen LogP contribution in [0.1, 0.15) is 48.4 Å². The maximum Gasteiger partial charge on any atom is 0.243 e. The largest absolute Gasteiger partial charge is 0.354 e. The summed E-state index contributed by atoms with van der Waals surface area (Å²) >= 11 is 5.96. The van der Waals surface area contributed by atoms with Crippen LogP contribution in [0.4, 0.5) is 0 Å². The first-order valence-corrected chi connectivity index (χ1v) is 11.1. The van der Waals surface area contributed by atoms with E-state index in [9.17, 15) is 9.59 Å². The molecule has 1 aliphatic rings. The van der Waals surface area contributed by atoms with Gasteiger partial charge in [-0.15, -0.1) is 0 Å². The van der Waals surface area contributed by atoms with Gasteiger partial charge in [-0.1, -0.05) is 41.9 Å². The van der Waals surface area contributed by atoms with Crippen molar-refractivity contribution >= 4 is 29.1 Å². The highest BCUT2D eigenvalue weighted by molar-refractivity contribution is 6.30. The molecule has 2 aromatic rings. The maximum atomic E-state index is 12.8. The summed E-state index contributed by atoms with van der Waals surface area (Å²) in [6.45, 7) is 6.44. The van der Waals surface area contributed by atoms with E-state index in [1.165, 1.54) is 21.7 Å². The standard InChI is InChI=1S/C25H30ClN3O2/c1-17-5-4-6-18(2)23(17)13-14-27-24(30)16-29(25(31)15-20-7-8-20)28-19(3)21-9-11-22(26)12-10-21/h4-6,9-12,20H,7-8,13-16H2,1-3H3,(H,27,30)/b28-19+. The van der Waals surface area contributed by atoms with Gasteiger partial charge in [-0.2, -0.15) is 5.10 Å². The quantitative estimate of drug-likeness (QED) is 0.456. The molecule has 1 N–H and O–H groups in total. The molecule has 1 saturated carbocycles. The normalized spacial score (nSPS) is 13.7. The first kappa shape index (κ1) is 23.0. The molecule has 2 aromatic carbocycles. The Balaban J connectivity index is 1.63. The fraction of sp³-hybridized carbons (Fsp3) is 0.400. The summed E-state index contributed by atoms with van der Waals surface area (Å²) in [7, 11) is 0. The second-order valence-corrected chi connectivity index (χ2v) is 8.70. The van der Waals surface area contributed by atoms with Crippen molar-refractivity contribution in [2.75, 3.05) is 13.1 Å². The van der Waals surface area contributed by atoms with E-state index >= 15 is 0 Å². The summed E-state index contributed by atoms with van der Waals surface area (Å²) in [5, 5.41) is 9.39. The number of hydrogen-bond acceptors (Lipinski definition) is 3. The summed E-state index contributed by atoms with van der Waals surface area (Å²) in [5.41, 5.74) is 5.23. The summed E-state index contributed by atoms with van der Waals surface area (Å²) in [4.78, 5) is 25.3. The lowest BCUT2D eigenvalue weighted by atomic mass is 10.0. The molecule has 0 spiro atoms. The average molecular weight is 440 g/mol. The first-order chi connectivity index (χ1) is 14.8. The number of benzene rings is 2. The Kier molecular flexibility index (Phi) is 7.85. The van der Waals surface area contributed by atoms with Crippen molar-refractivity contribution in [2.24, 2.45) is 11.0 Å². The Morgan fingerprint density at radius 2 is 1.74 bits per heavy atom. The first-order valence-electron chi connectivity index (χ1n) is 10.8. The number of carbonyl (C=O) groups is 2. The van der Waals surface area contributed by atoms with Gasteiger partial charge in [0.1, 0.15) is 6.54 Å². The molecule has 0 aliphatic heterocycles. The Morgan fingerprint density at radius 1 is 1.10 bits per heavy atom. The number of hydrogen-bond donors (Lipinski definition) is 1. The second-order valence-electron chi connectivity index (χ2n) is 8.26. The predicted octanol–water partition coefficient (Wildman–Crippen LogP) is 4.67. The average Bonchev–Trinajstić information content (AvgIpc) is 3.54. The molecule has 0 atom stereocenters. The Morgan fingerprint density at radius 3 is 2.35 bits per heavy atom. The third-order valence-electron chi connectivity index (χ3n) is 5.62. The van der Waals surface area contributed by atoms with Crippen LogP contribution < -0.4 is 5.32 Å². The third-order valence-corrected chi connectivity index (χ3v) is 5.87. The molecule has 0 bridgehead atoms. The minimum atomic E-state index is -0.206. The minimum Gasteiger partial charge on any atom is -0.354 e. The van der Waals surface area contributed by atoms with Crippen molar-refractivity contribution in [2.45, 2.75) is 46.5 Å². The van der Waals surface area contributed by atoms with Gasteiger partial charge in [0.15, 0.2) is 0 Å². The van der Waals surface area contributed by atoms with E-state index in [2.05, 4.69) is 36.4 Å². The number of carbonyl (C=O) groups excluding carboxylic acids is 2. The molecular formula is C25H30ClN3O2. The van der Waals surface area contributed by atoms with Gasteiger partial charge in [0.05, 0.1) is 5.71 Å². The molecule has 0 aromatic heterocycles. The van der Waals surface area contributed by atoms with Crippen LogP contribution in [0, 0.1) is 19.8 Å². The van der Waals surface area contributed by atoms with E-state index in [4.69, 9.17) is 11.6 Å². The van der Waals surface area contributed by atoms with E-state index < -0.39 is 0 Å². The summed E-state index contributed by atoms with van der Waals surface area (Å²) in [6.07, 6.45) is 3.34. The van der Waals surface area contributed by atoms with Crippen molar-refractivity contribution in [1.82, 2.24) is 10.3 Å². The van der Waals surface area contributed by atoms with Crippen LogP contribution in [0.5, 0.6) is 0 Å². The molecule has 164 valence electrons. The van der Waals surface area contributed by atoms with Crippen LogP contribution in [0.25, 0.3) is 0 Å². The molecule has 0 radical (unpaired) electrons. The van der Waals surface area contributed by atoms with Crippen molar-refractivity contribution in [3.63, 3.8) is 0 Å². The number of amides is 2. The Bertz CT molecular complexity index is 945. The van der Waals surface area contributed by atoms with Crippen LogP contribution in [0.15, 0.2) is 47.6 Å². The molecule has 31 heavy (non-hydrogen) atoms. The fourth-order valence-corrected chi connectivity index (χ4v) is 3.67. The lowest BCUT2D eigenvalue weighted by Gasteiger charge is -2.18. The van der Waals surface area contributed by atoms with Crippen molar-refractivity contribution in [3.05, 3.63) is 69.7 Å². The van der Waals surface area contributed by atoms with Crippen molar-refractivity contribution in [1.29, 1.82) is 0 Å². The van der Waals surface area contributed by atoms with Gasteiger partial charge in [0, 0.05) is 18.0 Å². The fourth-order valence-electron chi connectivity index (χ4n) is 3.55. The van der Waals surface area contributed by atoms with Crippen LogP contribution in [-0.4, -0.2) is 35.6 Å². The van der Waals surface area contributed by atoms with Gasteiger partial charge in [0.25, 0.3) is 0 Å². The molecule has 0 heterocycles. The van der Waals surface area contributed by atoms with Gasteiger partial charge in [-0.3, -0.25) is 9.59 Å². The second kappa shape index (κ2) is 10.6. The third kappa shape index (κ3) is 6.93. The lowest BCUT2D eigenvalue weighted by Crippen LogP contribution is -2.39. The molecule has 0 saturated heterocycles. The van der Waals surface area contributed by atoms with Gasteiger partial charge < -0.3 is 5.32 Å². The number of nitrogens with zero attached hydrogens (tertiary/aromatic N) is 2. The van der Waals surface area contributed by atoms with Gasteiger partial charge in [-0.25, -0.2) is 5.01 Å². The van der Waals surface area contributed by atoms with E-state index in [0.29, 0.717) is 29.6 Å². The Hall–Kier alpha value is -2.66. The van der Waals surface area contributed by atoms with Crippen LogP contribution in [-0.2, 0) is 16.0 Å². The minimum absolute atomic E-state index is 0.0801. The van der Waals surface area contributed by atoms with E-state index in [1.54, 1.807) is 12.1 Å². The predicted molar refractivity (Wildman–Crippen MR) is 125 cm³/mol. The molecule has 6 heteroatoms. The smallest absolute Gasteiger partial charge is 0.243 e. The molecule has 1 fully saturated rings. The zero-order valence-corrected chi connectivity index (χ0v) is 19.2. The van der Waals surface area contributed by atoms with Crippen molar-refractivity contribution < 1.29 is 9.59 Å². The molecule has 1 aliphatic carbocycles. The van der Waals surface area contributed by atoms with Crippen molar-refractivity contribution in [3.8, 4) is 0 Å². The maximum absolute atomic E-state index is 12.8. The highest BCUT2D eigenvalue weighted by Gasteiger charge is 2.28. The van der Waals surface area contributed by atoms with Gasteiger partial charge >= 0.3 is 0 Å². The van der Waals surface area contributed by atoms with Crippen LogP contribution in [0.3, 0.4) is 0 Å². The number of nitrogens with one attached hydrogen (secondary N) is 1.